The SMILES string of the molecule is C[S+]([O-])CCC(CO)(C(=O)OC1C[N+]2(Cc3cc(C(O)CNCCCCCCOCCCCc4ccccc4)ccc3OCOP(=O)(O)O)CCC1CC2)c1ccccc1. The number of phosphoric acid groups is 1. The zero-order valence-corrected chi connectivity index (χ0v) is 36.7. The summed E-state index contributed by atoms with van der Waals surface area (Å²) >= 11 is -1.18. The summed E-state index contributed by atoms with van der Waals surface area (Å²) in [5.74, 6) is 0.247. The van der Waals surface area contributed by atoms with E-state index in [-0.39, 0.29) is 18.1 Å². The molecule has 0 spiro atoms. The minimum absolute atomic E-state index is 0.154. The number of quaternary nitrogens is 1. The van der Waals surface area contributed by atoms with Crippen LogP contribution in [0.2, 0.25) is 0 Å². The van der Waals surface area contributed by atoms with E-state index in [0.717, 1.165) is 96.2 Å². The summed E-state index contributed by atoms with van der Waals surface area (Å²) in [6.07, 6.45) is 9.63. The van der Waals surface area contributed by atoms with Crippen molar-refractivity contribution >= 4 is 25.0 Å². The predicted molar refractivity (Wildman–Crippen MR) is 231 cm³/mol. The first-order chi connectivity index (χ1) is 28.9. The van der Waals surface area contributed by atoms with E-state index < -0.39 is 56.0 Å². The lowest BCUT2D eigenvalue weighted by Gasteiger charge is -2.52. The molecule has 3 heterocycles. The van der Waals surface area contributed by atoms with Crippen LogP contribution in [0.25, 0.3) is 0 Å². The number of aliphatic hydroxyl groups excluding tert-OH is 2. The van der Waals surface area contributed by atoms with Gasteiger partial charge >= 0.3 is 13.8 Å². The number of nitrogens with one attached hydrogen (secondary N) is 1. The summed E-state index contributed by atoms with van der Waals surface area (Å²) in [6, 6.07) is 24.9. The number of nitrogens with zero attached hydrogens (tertiary/aromatic N) is 1. The highest BCUT2D eigenvalue weighted by Gasteiger charge is 2.51. The fraction of sp³-hybridized carbons (Fsp3) is 0.578. The average Bonchev–Trinajstić information content (AvgIpc) is 3.24. The molecule has 4 atom stereocenters. The molecule has 0 aromatic heterocycles. The molecule has 60 heavy (non-hydrogen) atoms. The van der Waals surface area contributed by atoms with Crippen LogP contribution in [0.4, 0.5) is 0 Å². The summed E-state index contributed by atoms with van der Waals surface area (Å²) in [4.78, 5) is 32.7. The van der Waals surface area contributed by atoms with Crippen molar-refractivity contribution in [1.82, 2.24) is 5.32 Å². The minimum atomic E-state index is -4.77. The van der Waals surface area contributed by atoms with Crippen LogP contribution in [-0.2, 0) is 52.9 Å². The van der Waals surface area contributed by atoms with Gasteiger partial charge in [0.15, 0.2) is 12.9 Å². The van der Waals surface area contributed by atoms with Gasteiger partial charge in [-0.15, -0.1) is 0 Å². The third kappa shape index (κ3) is 14.9. The highest BCUT2D eigenvalue weighted by atomic mass is 32.2. The standard InChI is InChI=1S/C45H65N2O11PS/c1-60(54)29-23-45(34-48,40-17-8-5-9-18-40)44(50)58-43-33-47(25-21-37(43)22-26-47)32-39-30-38(19-20-42(39)56-35-57-59(51,52)53)41(49)31-46-24-11-2-3-12-27-55-28-13-10-16-36-14-6-4-7-15-36/h4-9,14-15,17-20,30,37,41,43,46,48-49H,2-3,10-13,16,21-29,31-35H2,1H3,(H-,51,52,53)/p+1. The number of benzene rings is 3. The molecule has 3 fully saturated rings. The molecule has 3 aromatic rings. The molecule has 3 aliphatic rings. The van der Waals surface area contributed by atoms with E-state index in [1.165, 1.54) is 5.56 Å². The van der Waals surface area contributed by atoms with Gasteiger partial charge in [0.1, 0.15) is 30.0 Å². The Morgan fingerprint density at radius 1 is 0.967 bits per heavy atom. The largest absolute Gasteiger partial charge is 0.617 e. The van der Waals surface area contributed by atoms with E-state index in [1.54, 1.807) is 30.5 Å². The Morgan fingerprint density at radius 2 is 1.65 bits per heavy atom. The second-order valence-corrected chi connectivity index (χ2v) is 19.3. The zero-order valence-electron chi connectivity index (χ0n) is 35.0. The summed E-state index contributed by atoms with van der Waals surface area (Å²) in [5.41, 5.74) is 2.07. The minimum Gasteiger partial charge on any atom is -0.617 e. The molecule has 5 N–H and O–H groups in total. The molecule has 3 saturated heterocycles. The van der Waals surface area contributed by atoms with Gasteiger partial charge in [-0.05, 0) is 67.5 Å². The predicted octanol–water partition coefficient (Wildman–Crippen LogP) is 5.71. The van der Waals surface area contributed by atoms with Crippen LogP contribution >= 0.6 is 7.82 Å². The van der Waals surface area contributed by atoms with Gasteiger partial charge in [0.05, 0.1) is 32.1 Å². The van der Waals surface area contributed by atoms with Crippen molar-refractivity contribution < 1.29 is 57.1 Å². The highest BCUT2D eigenvalue weighted by Crippen LogP contribution is 2.41. The summed E-state index contributed by atoms with van der Waals surface area (Å²) in [6.45, 7) is 4.21. The second kappa shape index (κ2) is 24.1. The molecule has 0 aliphatic carbocycles. The van der Waals surface area contributed by atoms with Gasteiger partial charge in [-0.2, -0.15) is 0 Å². The third-order valence-corrected chi connectivity index (χ3v) is 13.3. The van der Waals surface area contributed by atoms with Gasteiger partial charge < -0.3 is 48.6 Å². The number of ether oxygens (including phenoxy) is 3. The van der Waals surface area contributed by atoms with Crippen molar-refractivity contribution in [2.75, 3.05) is 71.3 Å². The number of phosphoric ester groups is 1. The smallest absolute Gasteiger partial charge is 0.472 e. The van der Waals surface area contributed by atoms with Crippen molar-refractivity contribution in [3.8, 4) is 5.75 Å². The number of aliphatic hydroxyl groups is 2. The number of piperidine rings is 3. The van der Waals surface area contributed by atoms with Gasteiger partial charge in [-0.3, -0.25) is 4.79 Å². The summed E-state index contributed by atoms with van der Waals surface area (Å²) in [5, 5.41) is 25.3. The van der Waals surface area contributed by atoms with Crippen LogP contribution in [0, 0.1) is 5.92 Å². The van der Waals surface area contributed by atoms with Crippen molar-refractivity contribution in [1.29, 1.82) is 0 Å². The lowest BCUT2D eigenvalue weighted by atomic mass is 9.78. The lowest BCUT2D eigenvalue weighted by Crippen LogP contribution is -2.64. The van der Waals surface area contributed by atoms with Crippen molar-refractivity contribution in [3.05, 3.63) is 101 Å². The monoisotopic (exact) mass is 873 g/mol. The number of aryl methyl sites for hydroxylation is 1. The van der Waals surface area contributed by atoms with E-state index >= 15 is 0 Å². The summed E-state index contributed by atoms with van der Waals surface area (Å²) in [7, 11) is -4.77. The van der Waals surface area contributed by atoms with Gasteiger partial charge in [-0.25, -0.2) is 9.09 Å². The van der Waals surface area contributed by atoms with E-state index in [4.69, 9.17) is 14.2 Å². The molecule has 2 bridgehead atoms. The van der Waals surface area contributed by atoms with Crippen molar-refractivity contribution in [2.45, 2.75) is 88.4 Å². The maximum atomic E-state index is 14.1. The first-order valence-corrected chi connectivity index (χ1v) is 24.7. The van der Waals surface area contributed by atoms with Gasteiger partial charge in [0.25, 0.3) is 0 Å². The number of hydrogen-bond donors (Lipinski definition) is 5. The number of rotatable bonds is 28. The quantitative estimate of drug-likeness (QED) is 0.0150. The Balaban J connectivity index is 1.13. The molecule has 0 amide bonds. The molecule has 4 unspecified atom stereocenters. The number of unbranched alkanes of at least 4 members (excludes halogenated alkanes) is 4. The number of carbonyl (C=O) groups excluding carboxylic acids is 1. The van der Waals surface area contributed by atoms with Gasteiger partial charge in [0.2, 0.25) is 0 Å². The van der Waals surface area contributed by atoms with Crippen molar-refractivity contribution in [2.24, 2.45) is 5.92 Å². The highest BCUT2D eigenvalue weighted by molar-refractivity contribution is 7.90. The van der Waals surface area contributed by atoms with E-state index in [1.807, 2.05) is 30.3 Å². The first kappa shape index (κ1) is 48.2. The van der Waals surface area contributed by atoms with Crippen LogP contribution in [0.3, 0.4) is 0 Å². The van der Waals surface area contributed by atoms with Crippen LogP contribution in [-0.4, -0.2) is 112 Å². The Kier molecular flexibility index (Phi) is 19.4. The van der Waals surface area contributed by atoms with E-state index in [9.17, 15) is 33.9 Å². The fourth-order valence-corrected chi connectivity index (χ4v) is 9.36. The zero-order chi connectivity index (χ0) is 42.9. The Bertz CT molecular complexity index is 1760. The van der Waals surface area contributed by atoms with E-state index in [2.05, 4.69) is 34.1 Å². The van der Waals surface area contributed by atoms with Crippen LogP contribution in [0.1, 0.15) is 86.1 Å². The molecule has 3 aromatic carbocycles. The molecule has 13 nitrogen and oxygen atoms in total. The van der Waals surface area contributed by atoms with Crippen LogP contribution < -0.4 is 10.1 Å². The Labute approximate surface area is 358 Å². The maximum absolute atomic E-state index is 14.1. The van der Waals surface area contributed by atoms with Crippen molar-refractivity contribution in [3.63, 3.8) is 0 Å². The Hall–Kier alpha value is -2.85. The number of carbonyl (C=O) groups is 1. The molecule has 6 rings (SSSR count). The molecule has 15 heteroatoms. The summed E-state index contributed by atoms with van der Waals surface area (Å²) < 4.78 is 46.7. The third-order valence-electron chi connectivity index (χ3n) is 12.1. The molecule has 3 aliphatic heterocycles. The number of hydrogen-bond acceptors (Lipinski definition) is 10. The normalized spacial score (nSPS) is 21.0. The topological polar surface area (TPSA) is 187 Å². The maximum Gasteiger partial charge on any atom is 0.472 e. The Morgan fingerprint density at radius 3 is 2.33 bits per heavy atom. The fourth-order valence-electron chi connectivity index (χ4n) is 8.54. The molecular weight excluding hydrogens is 808 g/mol. The molecular formula is C45H66N2O11PS+. The first-order valence-electron chi connectivity index (χ1n) is 21.4. The van der Waals surface area contributed by atoms with Gasteiger partial charge in [0, 0.05) is 50.5 Å². The van der Waals surface area contributed by atoms with Crippen LogP contribution in [0.5, 0.6) is 5.75 Å². The second-order valence-electron chi connectivity index (χ2n) is 16.5. The van der Waals surface area contributed by atoms with Gasteiger partial charge in [-0.1, -0.05) is 90.7 Å². The molecule has 0 radical (unpaired) electrons. The van der Waals surface area contributed by atoms with E-state index in [0.29, 0.717) is 41.0 Å². The average molecular weight is 874 g/mol. The van der Waals surface area contributed by atoms with Crippen LogP contribution in [0.15, 0.2) is 78.9 Å². The number of fused-ring (bicyclic) bond motifs is 3. The molecule has 0 saturated carbocycles. The lowest BCUT2D eigenvalue weighted by molar-refractivity contribution is -0.958. The number of esters is 1. The molecule has 332 valence electrons.